The van der Waals surface area contributed by atoms with E-state index >= 15 is 0 Å². The Bertz CT molecular complexity index is 672. The van der Waals surface area contributed by atoms with Crippen molar-refractivity contribution in [2.75, 3.05) is 16.1 Å². The van der Waals surface area contributed by atoms with Gasteiger partial charge in [-0.25, -0.2) is 21.6 Å². The van der Waals surface area contributed by atoms with Gasteiger partial charge >= 0.3 is 5.97 Å². The number of carboxylic acids is 1. The Morgan fingerprint density at radius 2 is 1.94 bits per heavy atom. The van der Waals surface area contributed by atoms with Crippen molar-refractivity contribution in [3.05, 3.63) is 11.3 Å². The lowest BCUT2D eigenvalue weighted by Crippen LogP contribution is -2.22. The molecule has 8 nitrogen and oxygen atoms in total. The minimum absolute atomic E-state index is 0.157. The lowest BCUT2D eigenvalue weighted by molar-refractivity contribution is 0.0697. The van der Waals surface area contributed by atoms with Gasteiger partial charge in [-0.15, -0.1) is 0 Å². The number of carboxylic acid groups (broad SMARTS) is 1. The standard InChI is InChI=1S/C7H10N2O6S3/c1-4-5(7(10)11)6(16-8-4)9-18(14,15)3-17(2,12)13/h9H,3H2,1-2H3,(H,10,11). The van der Waals surface area contributed by atoms with Crippen LogP contribution in [0.2, 0.25) is 0 Å². The Morgan fingerprint density at radius 3 is 2.39 bits per heavy atom. The van der Waals surface area contributed by atoms with Crippen LogP contribution in [-0.2, 0) is 19.9 Å². The first-order chi connectivity index (χ1) is 8.02. The number of anilines is 1. The maximum atomic E-state index is 11.5. The van der Waals surface area contributed by atoms with Crippen LogP contribution in [0, 0.1) is 6.92 Å². The maximum Gasteiger partial charge on any atom is 0.340 e. The molecule has 0 radical (unpaired) electrons. The fraction of sp³-hybridized carbons (Fsp3) is 0.429. The second-order valence-corrected chi connectivity index (χ2v) is 8.54. The van der Waals surface area contributed by atoms with E-state index in [1.54, 1.807) is 0 Å². The molecule has 0 saturated carbocycles. The minimum atomic E-state index is -4.17. The third kappa shape index (κ3) is 3.92. The first kappa shape index (κ1) is 14.9. The van der Waals surface area contributed by atoms with Crippen LogP contribution in [0.25, 0.3) is 0 Å². The van der Waals surface area contributed by atoms with E-state index in [1.807, 2.05) is 4.72 Å². The Labute approximate surface area is 108 Å². The highest BCUT2D eigenvalue weighted by Gasteiger charge is 2.24. The molecule has 11 heteroatoms. The van der Waals surface area contributed by atoms with Crippen molar-refractivity contribution < 1.29 is 26.7 Å². The van der Waals surface area contributed by atoms with Crippen molar-refractivity contribution >= 4 is 42.4 Å². The van der Waals surface area contributed by atoms with E-state index in [0.29, 0.717) is 11.5 Å². The number of aromatic nitrogens is 1. The Kier molecular flexibility index (Phi) is 3.98. The number of rotatable bonds is 5. The summed E-state index contributed by atoms with van der Waals surface area (Å²) in [4.78, 5) is 10.9. The average molecular weight is 314 g/mol. The van der Waals surface area contributed by atoms with Gasteiger partial charge < -0.3 is 5.11 Å². The van der Waals surface area contributed by atoms with Crippen LogP contribution in [0.4, 0.5) is 5.00 Å². The van der Waals surface area contributed by atoms with Gasteiger partial charge in [0, 0.05) is 6.26 Å². The lowest BCUT2D eigenvalue weighted by atomic mass is 10.2. The summed E-state index contributed by atoms with van der Waals surface area (Å²) in [5.41, 5.74) is -0.123. The lowest BCUT2D eigenvalue weighted by Gasteiger charge is -2.05. The first-order valence-electron chi connectivity index (χ1n) is 4.39. The normalized spacial score (nSPS) is 12.3. The van der Waals surface area contributed by atoms with E-state index in [-0.39, 0.29) is 16.3 Å². The molecule has 0 spiro atoms. The molecule has 0 aliphatic heterocycles. The molecule has 102 valence electrons. The minimum Gasteiger partial charge on any atom is -0.478 e. The van der Waals surface area contributed by atoms with Gasteiger partial charge in [0.25, 0.3) is 0 Å². The van der Waals surface area contributed by atoms with Gasteiger partial charge in [-0.1, -0.05) is 0 Å². The average Bonchev–Trinajstić information content (AvgIpc) is 2.40. The first-order valence-corrected chi connectivity index (χ1v) is 8.88. The highest BCUT2D eigenvalue weighted by atomic mass is 32.3. The van der Waals surface area contributed by atoms with Gasteiger partial charge in [0.15, 0.2) is 14.9 Å². The number of aryl methyl sites for hydroxylation is 1. The van der Waals surface area contributed by atoms with Gasteiger partial charge in [-0.05, 0) is 18.5 Å². The molecule has 0 atom stereocenters. The third-order valence-corrected chi connectivity index (χ3v) is 6.15. The van der Waals surface area contributed by atoms with E-state index < -0.39 is 30.9 Å². The topological polar surface area (TPSA) is 130 Å². The number of sulfonamides is 1. The summed E-state index contributed by atoms with van der Waals surface area (Å²) in [6.07, 6.45) is 0.766. The molecule has 1 rings (SSSR count). The molecular formula is C7H10N2O6S3. The summed E-state index contributed by atoms with van der Waals surface area (Å²) in [6, 6.07) is 0. The molecule has 2 N–H and O–H groups in total. The van der Waals surface area contributed by atoms with Gasteiger partial charge in [0.1, 0.15) is 10.6 Å². The van der Waals surface area contributed by atoms with Crippen LogP contribution in [0.15, 0.2) is 0 Å². The van der Waals surface area contributed by atoms with Crippen molar-refractivity contribution in [3.8, 4) is 0 Å². The molecule has 0 unspecified atom stereocenters. The van der Waals surface area contributed by atoms with E-state index in [9.17, 15) is 21.6 Å². The summed E-state index contributed by atoms with van der Waals surface area (Å²) in [5, 5.41) is 7.56. The van der Waals surface area contributed by atoms with Crippen LogP contribution in [0.3, 0.4) is 0 Å². The van der Waals surface area contributed by atoms with Crippen molar-refractivity contribution in [2.24, 2.45) is 0 Å². The number of sulfone groups is 1. The molecule has 0 aliphatic carbocycles. The zero-order valence-corrected chi connectivity index (χ0v) is 11.8. The number of hydrogen-bond acceptors (Lipinski definition) is 7. The highest BCUT2D eigenvalue weighted by Crippen LogP contribution is 2.25. The number of nitrogens with one attached hydrogen (secondary N) is 1. The molecule has 0 bridgehead atoms. The van der Waals surface area contributed by atoms with Gasteiger partial charge in [0.05, 0.1) is 5.69 Å². The SMILES string of the molecule is Cc1nsc(NS(=O)(=O)CS(C)(=O)=O)c1C(=O)O. The van der Waals surface area contributed by atoms with Crippen LogP contribution >= 0.6 is 11.5 Å². The second kappa shape index (κ2) is 4.82. The number of hydrogen-bond donors (Lipinski definition) is 2. The van der Waals surface area contributed by atoms with E-state index in [1.165, 1.54) is 6.92 Å². The quantitative estimate of drug-likeness (QED) is 0.775. The van der Waals surface area contributed by atoms with Gasteiger partial charge in [-0.3, -0.25) is 4.72 Å². The molecule has 1 aromatic heterocycles. The highest BCUT2D eigenvalue weighted by molar-refractivity contribution is 8.08. The summed E-state index contributed by atoms with van der Waals surface area (Å²) in [7, 11) is -7.91. The summed E-state index contributed by atoms with van der Waals surface area (Å²) in [6.45, 7) is 1.41. The molecule has 0 saturated heterocycles. The van der Waals surface area contributed by atoms with E-state index in [0.717, 1.165) is 6.26 Å². The van der Waals surface area contributed by atoms with Crippen molar-refractivity contribution in [2.45, 2.75) is 6.92 Å². The fourth-order valence-electron chi connectivity index (χ4n) is 1.14. The zero-order chi connectivity index (χ0) is 14.1. The number of aromatic carboxylic acids is 1. The van der Waals surface area contributed by atoms with E-state index in [2.05, 4.69) is 4.37 Å². The molecule has 0 aliphatic rings. The van der Waals surface area contributed by atoms with Crippen molar-refractivity contribution in [3.63, 3.8) is 0 Å². The molecular weight excluding hydrogens is 304 g/mol. The summed E-state index contributed by atoms with van der Waals surface area (Å²) < 4.78 is 50.4. The Balaban J connectivity index is 3.10. The maximum absolute atomic E-state index is 11.5. The predicted octanol–water partition coefficient (Wildman–Crippen LogP) is -0.106. The number of nitrogens with zero attached hydrogens (tertiary/aromatic N) is 1. The largest absolute Gasteiger partial charge is 0.478 e. The molecule has 0 aromatic carbocycles. The van der Waals surface area contributed by atoms with Gasteiger partial charge in [-0.2, -0.15) is 4.37 Å². The van der Waals surface area contributed by atoms with Crippen LogP contribution in [0.5, 0.6) is 0 Å². The van der Waals surface area contributed by atoms with Crippen LogP contribution in [-0.4, -0.2) is 43.6 Å². The molecule has 0 amide bonds. The fourth-order valence-corrected chi connectivity index (χ4v) is 5.19. The molecule has 1 aromatic rings. The number of carbonyl (C=O) groups is 1. The molecule has 18 heavy (non-hydrogen) atoms. The van der Waals surface area contributed by atoms with Crippen LogP contribution < -0.4 is 4.72 Å². The van der Waals surface area contributed by atoms with E-state index in [4.69, 9.17) is 5.11 Å². The zero-order valence-electron chi connectivity index (χ0n) is 9.37. The summed E-state index contributed by atoms with van der Waals surface area (Å²) in [5.74, 6) is -1.33. The molecule has 0 fully saturated rings. The van der Waals surface area contributed by atoms with Crippen molar-refractivity contribution in [1.29, 1.82) is 0 Å². The predicted molar refractivity (Wildman–Crippen MR) is 66.1 cm³/mol. The van der Waals surface area contributed by atoms with Gasteiger partial charge in [0.2, 0.25) is 10.0 Å². The van der Waals surface area contributed by atoms with Crippen LogP contribution in [0.1, 0.15) is 16.1 Å². The monoisotopic (exact) mass is 314 g/mol. The smallest absolute Gasteiger partial charge is 0.340 e. The third-order valence-electron chi connectivity index (χ3n) is 1.69. The van der Waals surface area contributed by atoms with Crippen molar-refractivity contribution in [1.82, 2.24) is 4.37 Å². The second-order valence-electron chi connectivity index (χ2n) is 3.54. The Morgan fingerprint density at radius 1 is 1.39 bits per heavy atom. The Hall–Kier alpha value is -1.20. The molecule has 1 heterocycles. The summed E-state index contributed by atoms with van der Waals surface area (Å²) >= 11 is 0.641.